The van der Waals surface area contributed by atoms with Crippen LogP contribution >= 0.6 is 0 Å². The van der Waals surface area contributed by atoms with Crippen molar-refractivity contribution in [3.63, 3.8) is 0 Å². The van der Waals surface area contributed by atoms with Gasteiger partial charge in [-0.2, -0.15) is 0 Å². The third kappa shape index (κ3) is 2.81. The molecule has 2 aromatic carbocycles. The van der Waals surface area contributed by atoms with Gasteiger partial charge in [0.2, 0.25) is 0 Å². The monoisotopic (exact) mass is 294 g/mol. The molecule has 1 aliphatic rings. The molecule has 3 nitrogen and oxygen atoms in total. The fraction of sp³-hybridized carbons (Fsp3) is 0.211. The number of carboxylic acid groups (broad SMARTS) is 1. The molecule has 2 aromatic rings. The van der Waals surface area contributed by atoms with E-state index in [2.05, 4.69) is 18.2 Å². The average molecular weight is 294 g/mol. The predicted molar refractivity (Wildman–Crippen MR) is 85.5 cm³/mol. The highest BCUT2D eigenvalue weighted by Gasteiger charge is 2.23. The van der Waals surface area contributed by atoms with Crippen molar-refractivity contribution in [1.29, 1.82) is 0 Å². The van der Waals surface area contributed by atoms with Crippen LogP contribution in [0.15, 0.2) is 60.2 Å². The molecule has 3 rings (SSSR count). The lowest BCUT2D eigenvalue weighted by atomic mass is 9.91. The third-order valence-corrected chi connectivity index (χ3v) is 4.14. The number of carboxylic acids is 1. The van der Waals surface area contributed by atoms with E-state index in [0.29, 0.717) is 12.0 Å². The number of fused-ring (bicyclic) bond motifs is 1. The van der Waals surface area contributed by atoms with Gasteiger partial charge >= 0.3 is 5.97 Å². The molecule has 1 atom stereocenters. The number of aliphatic carboxylic acids is 1. The van der Waals surface area contributed by atoms with Gasteiger partial charge in [-0.05, 0) is 47.1 Å². The Bertz CT molecular complexity index is 717. The van der Waals surface area contributed by atoms with Gasteiger partial charge in [0.15, 0.2) is 0 Å². The Hall–Kier alpha value is -2.39. The molecule has 0 radical (unpaired) electrons. The van der Waals surface area contributed by atoms with Crippen LogP contribution in [-0.4, -0.2) is 16.2 Å². The summed E-state index contributed by atoms with van der Waals surface area (Å²) in [5, 5.41) is 19.6. The molecule has 0 spiro atoms. The quantitative estimate of drug-likeness (QED) is 0.655. The minimum absolute atomic E-state index is 0.580. The van der Waals surface area contributed by atoms with Gasteiger partial charge in [0.25, 0.3) is 0 Å². The molecule has 22 heavy (non-hydrogen) atoms. The van der Waals surface area contributed by atoms with Crippen LogP contribution in [-0.2, 0) is 11.2 Å². The van der Waals surface area contributed by atoms with E-state index in [4.69, 9.17) is 5.11 Å². The van der Waals surface area contributed by atoms with Gasteiger partial charge in [0.05, 0.1) is 0 Å². The second-order valence-electron chi connectivity index (χ2n) is 5.55. The number of benzene rings is 2. The van der Waals surface area contributed by atoms with Crippen LogP contribution in [0.4, 0.5) is 0 Å². The summed E-state index contributed by atoms with van der Waals surface area (Å²) in [6, 6.07) is 16.0. The van der Waals surface area contributed by atoms with Crippen LogP contribution in [0.25, 0.3) is 11.1 Å². The lowest BCUT2D eigenvalue weighted by Gasteiger charge is -2.17. The highest BCUT2D eigenvalue weighted by atomic mass is 16.4. The van der Waals surface area contributed by atoms with Gasteiger partial charge in [-0.3, -0.25) is 0 Å². The molecular formula is C19H18O3. The number of rotatable bonds is 2. The second kappa shape index (κ2) is 6.16. The average Bonchev–Trinajstić information content (AvgIpc) is 2.68. The summed E-state index contributed by atoms with van der Waals surface area (Å²) >= 11 is 0. The van der Waals surface area contributed by atoms with E-state index in [1.807, 2.05) is 30.3 Å². The van der Waals surface area contributed by atoms with E-state index in [-0.39, 0.29) is 0 Å². The number of hydrogen-bond acceptors (Lipinski definition) is 2. The van der Waals surface area contributed by atoms with Crippen molar-refractivity contribution in [2.75, 3.05) is 0 Å². The number of hydrogen-bond donors (Lipinski definition) is 2. The molecule has 2 N–H and O–H groups in total. The fourth-order valence-electron chi connectivity index (χ4n) is 3.14. The largest absolute Gasteiger partial charge is 0.478 e. The SMILES string of the molecule is O=C(O)/C=C1\CCCc2c(-c3ccccc3)cccc2C1O. The molecule has 0 aromatic heterocycles. The van der Waals surface area contributed by atoms with E-state index in [0.717, 1.165) is 41.2 Å². The summed E-state index contributed by atoms with van der Waals surface area (Å²) < 4.78 is 0. The minimum Gasteiger partial charge on any atom is -0.478 e. The minimum atomic E-state index is -1.00. The van der Waals surface area contributed by atoms with Crippen molar-refractivity contribution >= 4 is 5.97 Å². The van der Waals surface area contributed by atoms with Gasteiger partial charge in [-0.15, -0.1) is 0 Å². The lowest BCUT2D eigenvalue weighted by molar-refractivity contribution is -0.131. The molecule has 0 heterocycles. The summed E-state index contributed by atoms with van der Waals surface area (Å²) in [6.45, 7) is 0. The molecule has 0 bridgehead atoms. The molecule has 1 unspecified atom stereocenters. The number of carbonyl (C=O) groups is 1. The van der Waals surface area contributed by atoms with E-state index >= 15 is 0 Å². The zero-order valence-electron chi connectivity index (χ0n) is 12.2. The lowest BCUT2D eigenvalue weighted by Crippen LogP contribution is -2.05. The van der Waals surface area contributed by atoms with Gasteiger partial charge in [0.1, 0.15) is 6.10 Å². The van der Waals surface area contributed by atoms with Gasteiger partial charge in [-0.25, -0.2) is 4.79 Å². The maximum atomic E-state index is 10.9. The van der Waals surface area contributed by atoms with Crippen LogP contribution in [0.5, 0.6) is 0 Å². The Morgan fingerprint density at radius 2 is 1.82 bits per heavy atom. The van der Waals surface area contributed by atoms with E-state index in [1.165, 1.54) is 0 Å². The molecule has 0 amide bonds. The zero-order valence-corrected chi connectivity index (χ0v) is 12.2. The van der Waals surface area contributed by atoms with Crippen molar-refractivity contribution in [2.45, 2.75) is 25.4 Å². The number of aliphatic hydroxyl groups excluding tert-OH is 1. The first-order valence-electron chi connectivity index (χ1n) is 7.45. The van der Waals surface area contributed by atoms with Crippen LogP contribution in [0.1, 0.15) is 30.1 Å². The Balaban J connectivity index is 2.11. The first-order chi connectivity index (χ1) is 10.7. The van der Waals surface area contributed by atoms with Crippen molar-refractivity contribution < 1.29 is 15.0 Å². The molecule has 0 saturated heterocycles. The maximum absolute atomic E-state index is 10.9. The fourth-order valence-corrected chi connectivity index (χ4v) is 3.14. The Labute approximate surface area is 129 Å². The Kier molecular flexibility index (Phi) is 4.07. The number of aliphatic hydroxyl groups is 1. The first-order valence-corrected chi connectivity index (χ1v) is 7.45. The summed E-state index contributed by atoms with van der Waals surface area (Å²) in [4.78, 5) is 10.9. The second-order valence-corrected chi connectivity index (χ2v) is 5.55. The van der Waals surface area contributed by atoms with Crippen LogP contribution < -0.4 is 0 Å². The third-order valence-electron chi connectivity index (χ3n) is 4.14. The van der Waals surface area contributed by atoms with E-state index < -0.39 is 12.1 Å². The van der Waals surface area contributed by atoms with Crippen molar-refractivity contribution in [3.8, 4) is 11.1 Å². The molecule has 0 fully saturated rings. The van der Waals surface area contributed by atoms with Gasteiger partial charge in [-0.1, -0.05) is 48.5 Å². The van der Waals surface area contributed by atoms with Crippen molar-refractivity contribution in [3.05, 3.63) is 71.3 Å². The van der Waals surface area contributed by atoms with Gasteiger partial charge in [0, 0.05) is 6.08 Å². The van der Waals surface area contributed by atoms with Crippen molar-refractivity contribution in [2.24, 2.45) is 0 Å². The van der Waals surface area contributed by atoms with Crippen LogP contribution in [0.2, 0.25) is 0 Å². The predicted octanol–water partition coefficient (Wildman–Crippen LogP) is 3.73. The normalized spacial score (nSPS) is 19.5. The van der Waals surface area contributed by atoms with Crippen LogP contribution in [0, 0.1) is 0 Å². The molecule has 3 heteroatoms. The topological polar surface area (TPSA) is 57.5 Å². The molecule has 1 aliphatic carbocycles. The van der Waals surface area contributed by atoms with Gasteiger partial charge < -0.3 is 10.2 Å². The Morgan fingerprint density at radius 1 is 1.05 bits per heavy atom. The summed E-state index contributed by atoms with van der Waals surface area (Å²) in [6.07, 6.45) is 2.60. The molecule has 0 aliphatic heterocycles. The summed E-state index contributed by atoms with van der Waals surface area (Å²) in [7, 11) is 0. The highest BCUT2D eigenvalue weighted by molar-refractivity contribution is 5.81. The first kappa shape index (κ1) is 14.5. The Morgan fingerprint density at radius 3 is 2.55 bits per heavy atom. The smallest absolute Gasteiger partial charge is 0.328 e. The maximum Gasteiger partial charge on any atom is 0.328 e. The van der Waals surface area contributed by atoms with Crippen molar-refractivity contribution in [1.82, 2.24) is 0 Å². The summed E-state index contributed by atoms with van der Waals surface area (Å²) in [5.41, 5.74) is 4.77. The molecule has 0 saturated carbocycles. The van der Waals surface area contributed by atoms with Crippen LogP contribution in [0.3, 0.4) is 0 Å². The standard InChI is InChI=1S/C19H18O3/c20-18(21)12-14-8-4-10-16-15(13-6-2-1-3-7-13)9-5-11-17(16)19(14)22/h1-3,5-7,9,11-12,19,22H,4,8,10H2,(H,20,21)/b14-12+. The molecular weight excluding hydrogens is 276 g/mol. The van der Waals surface area contributed by atoms with E-state index in [9.17, 15) is 9.90 Å². The van der Waals surface area contributed by atoms with E-state index in [1.54, 1.807) is 0 Å². The molecule has 112 valence electrons. The summed E-state index contributed by atoms with van der Waals surface area (Å²) in [5.74, 6) is -1.00. The zero-order chi connectivity index (χ0) is 15.5. The highest BCUT2D eigenvalue weighted by Crippen LogP contribution is 2.37.